The van der Waals surface area contributed by atoms with Crippen molar-refractivity contribution in [1.82, 2.24) is 9.88 Å². The second-order valence-corrected chi connectivity index (χ2v) is 6.78. The van der Waals surface area contributed by atoms with Gasteiger partial charge in [0.25, 0.3) is 0 Å². The highest BCUT2D eigenvalue weighted by Crippen LogP contribution is 2.25. The Morgan fingerprint density at radius 2 is 1.56 bits per heavy atom. The number of halogens is 1. The predicted molar refractivity (Wildman–Crippen MR) is 110 cm³/mol. The van der Waals surface area contributed by atoms with Gasteiger partial charge in [0.1, 0.15) is 12.4 Å². The summed E-state index contributed by atoms with van der Waals surface area (Å²) >= 11 is 5.94. The summed E-state index contributed by atoms with van der Waals surface area (Å²) in [7, 11) is 1.96. The molecule has 0 fully saturated rings. The topological polar surface area (TPSA) is 45.6 Å². The van der Waals surface area contributed by atoms with Crippen molar-refractivity contribution in [3.05, 3.63) is 71.9 Å². The zero-order valence-electron chi connectivity index (χ0n) is 15.3. The molecule has 0 saturated carbocycles. The number of hydrogen-bond acceptors (Lipinski definition) is 4. The lowest BCUT2D eigenvalue weighted by atomic mass is 10.1. The van der Waals surface area contributed by atoms with Gasteiger partial charge in [-0.25, -0.2) is 0 Å². The predicted octanol–water partition coefficient (Wildman–Crippen LogP) is 4.37. The molecule has 3 aromatic rings. The first-order valence-electron chi connectivity index (χ1n) is 8.90. The Labute approximate surface area is 165 Å². The number of likely N-dealkylation sites (N-methyl/N-ethyl adjacent to an activating group) is 1. The van der Waals surface area contributed by atoms with Crippen LogP contribution < -0.4 is 4.74 Å². The number of aromatic nitrogens is 1. The summed E-state index contributed by atoms with van der Waals surface area (Å²) < 4.78 is 5.75. The Kier molecular flexibility index (Phi) is 6.82. The number of hydrogen-bond donors (Lipinski definition) is 1. The lowest BCUT2D eigenvalue weighted by Crippen LogP contribution is -2.27. The van der Waals surface area contributed by atoms with Crippen LogP contribution in [0.2, 0.25) is 5.02 Å². The average Bonchev–Trinajstić information content (AvgIpc) is 2.70. The first-order chi connectivity index (χ1) is 13.2. The van der Waals surface area contributed by atoms with Gasteiger partial charge >= 0.3 is 0 Å². The van der Waals surface area contributed by atoms with E-state index in [0.717, 1.165) is 39.7 Å². The summed E-state index contributed by atoms with van der Waals surface area (Å²) in [5.41, 5.74) is 4.11. The minimum Gasteiger partial charge on any atom is -0.492 e. The molecule has 1 N–H and O–H groups in total. The minimum atomic E-state index is 0.162. The largest absolute Gasteiger partial charge is 0.492 e. The van der Waals surface area contributed by atoms with Gasteiger partial charge in [-0.3, -0.25) is 4.98 Å². The van der Waals surface area contributed by atoms with E-state index in [9.17, 15) is 0 Å². The molecule has 0 bridgehead atoms. The third-order valence-corrected chi connectivity index (χ3v) is 4.57. The molecule has 0 amide bonds. The molecule has 2 aromatic carbocycles. The van der Waals surface area contributed by atoms with Gasteiger partial charge in [-0.15, -0.1) is 0 Å². The molecule has 1 heterocycles. The lowest BCUT2D eigenvalue weighted by molar-refractivity contribution is 0.192. The fourth-order valence-electron chi connectivity index (χ4n) is 2.70. The molecule has 140 valence electrons. The Morgan fingerprint density at radius 1 is 0.889 bits per heavy atom. The second-order valence-electron chi connectivity index (χ2n) is 6.34. The zero-order valence-corrected chi connectivity index (χ0v) is 16.1. The van der Waals surface area contributed by atoms with E-state index in [-0.39, 0.29) is 6.61 Å². The van der Waals surface area contributed by atoms with Crippen LogP contribution in [0, 0.1) is 0 Å². The molecule has 3 rings (SSSR count). The summed E-state index contributed by atoms with van der Waals surface area (Å²) in [5.74, 6) is 0.828. The van der Waals surface area contributed by atoms with Gasteiger partial charge in [-0.2, -0.15) is 0 Å². The molecular formula is C22H23ClN2O2. The van der Waals surface area contributed by atoms with Gasteiger partial charge in [-0.05, 0) is 55.1 Å². The monoisotopic (exact) mass is 382 g/mol. The minimum absolute atomic E-state index is 0.162. The number of rotatable bonds is 8. The van der Waals surface area contributed by atoms with Crippen LogP contribution in [0.15, 0.2) is 66.9 Å². The van der Waals surface area contributed by atoms with E-state index in [2.05, 4.69) is 11.1 Å². The molecule has 0 aliphatic heterocycles. The number of nitrogens with zero attached hydrogens (tertiary/aromatic N) is 2. The van der Waals surface area contributed by atoms with Crippen LogP contribution >= 0.6 is 11.6 Å². The van der Waals surface area contributed by atoms with Crippen molar-refractivity contribution in [2.75, 3.05) is 33.4 Å². The smallest absolute Gasteiger partial charge is 0.119 e. The van der Waals surface area contributed by atoms with Crippen LogP contribution in [0.4, 0.5) is 0 Å². The highest BCUT2D eigenvalue weighted by Gasteiger charge is 2.03. The fraction of sp³-hybridized carbons (Fsp3) is 0.227. The Balaban J connectivity index is 1.60. The Hall–Kier alpha value is -2.40. The molecule has 0 spiro atoms. The van der Waals surface area contributed by atoms with Crippen molar-refractivity contribution < 1.29 is 9.84 Å². The van der Waals surface area contributed by atoms with E-state index in [0.29, 0.717) is 13.2 Å². The summed E-state index contributed by atoms with van der Waals surface area (Å²) in [6, 6.07) is 19.7. The van der Waals surface area contributed by atoms with Crippen molar-refractivity contribution in [1.29, 1.82) is 0 Å². The first kappa shape index (κ1) is 19.4. The molecule has 4 nitrogen and oxygen atoms in total. The molecule has 0 saturated heterocycles. The van der Waals surface area contributed by atoms with Crippen molar-refractivity contribution in [2.45, 2.75) is 0 Å². The maximum absolute atomic E-state index is 8.89. The summed E-state index contributed by atoms with van der Waals surface area (Å²) in [4.78, 5) is 6.61. The van der Waals surface area contributed by atoms with Gasteiger partial charge in [0.05, 0.1) is 12.3 Å². The molecule has 0 radical (unpaired) electrons. The zero-order chi connectivity index (χ0) is 19.1. The number of benzene rings is 2. The third kappa shape index (κ3) is 5.54. The van der Waals surface area contributed by atoms with Gasteiger partial charge in [-0.1, -0.05) is 29.8 Å². The summed E-state index contributed by atoms with van der Waals surface area (Å²) in [6.45, 7) is 2.18. The van der Waals surface area contributed by atoms with Crippen molar-refractivity contribution >= 4 is 11.6 Å². The number of aliphatic hydroxyl groups excluding tert-OH is 1. The van der Waals surface area contributed by atoms with Crippen molar-refractivity contribution in [2.24, 2.45) is 0 Å². The number of aliphatic hydroxyl groups is 1. The quantitative estimate of drug-likeness (QED) is 0.628. The van der Waals surface area contributed by atoms with Crippen molar-refractivity contribution in [3.8, 4) is 28.1 Å². The van der Waals surface area contributed by atoms with Gasteiger partial charge < -0.3 is 14.7 Å². The van der Waals surface area contributed by atoms with E-state index < -0.39 is 0 Å². The fourth-order valence-corrected chi connectivity index (χ4v) is 2.83. The normalized spacial score (nSPS) is 11.0. The molecule has 0 aliphatic rings. The molecule has 27 heavy (non-hydrogen) atoms. The van der Waals surface area contributed by atoms with Crippen LogP contribution in [-0.4, -0.2) is 48.3 Å². The lowest BCUT2D eigenvalue weighted by Gasteiger charge is -2.15. The van der Waals surface area contributed by atoms with Crippen LogP contribution in [0.3, 0.4) is 0 Å². The molecule has 0 aliphatic carbocycles. The number of ether oxygens (including phenoxy) is 1. The average molecular weight is 383 g/mol. The standard InChI is InChI=1S/C22H23ClN2O2/c1-25(12-14-26)13-15-27-21-9-4-18(5-10-21)22-11-6-19(16-24-22)17-2-7-20(23)8-3-17/h2-11,16,26H,12-15H2,1H3. The molecule has 1 aromatic heterocycles. The van der Waals surface area contributed by atoms with Gasteiger partial charge in [0.2, 0.25) is 0 Å². The Morgan fingerprint density at radius 3 is 2.19 bits per heavy atom. The number of pyridine rings is 1. The highest BCUT2D eigenvalue weighted by atomic mass is 35.5. The van der Waals surface area contributed by atoms with E-state index in [4.69, 9.17) is 21.4 Å². The van der Waals surface area contributed by atoms with Crippen LogP contribution in [0.1, 0.15) is 0 Å². The van der Waals surface area contributed by atoms with E-state index in [1.54, 1.807) is 0 Å². The van der Waals surface area contributed by atoms with Crippen LogP contribution in [0.25, 0.3) is 22.4 Å². The molecule has 0 atom stereocenters. The van der Waals surface area contributed by atoms with Crippen LogP contribution in [-0.2, 0) is 0 Å². The van der Waals surface area contributed by atoms with E-state index >= 15 is 0 Å². The molecular weight excluding hydrogens is 360 g/mol. The second kappa shape index (κ2) is 9.51. The molecule has 0 unspecified atom stereocenters. The molecule has 5 heteroatoms. The highest BCUT2D eigenvalue weighted by molar-refractivity contribution is 6.30. The first-order valence-corrected chi connectivity index (χ1v) is 9.28. The maximum atomic E-state index is 8.89. The Bertz CT molecular complexity index is 834. The van der Waals surface area contributed by atoms with Gasteiger partial charge in [0, 0.05) is 35.4 Å². The third-order valence-electron chi connectivity index (χ3n) is 4.31. The van der Waals surface area contributed by atoms with E-state index in [1.165, 1.54) is 0 Å². The van der Waals surface area contributed by atoms with Gasteiger partial charge in [0.15, 0.2) is 0 Å². The van der Waals surface area contributed by atoms with Crippen molar-refractivity contribution in [3.63, 3.8) is 0 Å². The maximum Gasteiger partial charge on any atom is 0.119 e. The van der Waals surface area contributed by atoms with Crippen LogP contribution in [0.5, 0.6) is 5.75 Å². The SMILES string of the molecule is CN(CCO)CCOc1ccc(-c2ccc(-c3ccc(Cl)cc3)cn2)cc1. The van der Waals surface area contributed by atoms with E-state index in [1.807, 2.05) is 72.7 Å². The summed E-state index contributed by atoms with van der Waals surface area (Å²) in [6.07, 6.45) is 1.87. The summed E-state index contributed by atoms with van der Waals surface area (Å²) in [5, 5.41) is 9.62.